The molecular formula is C12H8ClF3N2. The van der Waals surface area contributed by atoms with Gasteiger partial charge in [-0.1, -0.05) is 11.6 Å². The second kappa shape index (κ2) is 4.78. The Bertz CT molecular complexity index is 602. The van der Waals surface area contributed by atoms with Crippen LogP contribution in [-0.4, -0.2) is 0 Å². The van der Waals surface area contributed by atoms with Gasteiger partial charge in [0.05, 0.1) is 22.1 Å². The van der Waals surface area contributed by atoms with Crippen molar-refractivity contribution in [1.82, 2.24) is 0 Å². The van der Waals surface area contributed by atoms with Crippen LogP contribution >= 0.6 is 11.6 Å². The monoisotopic (exact) mass is 272 g/mol. The maximum atomic E-state index is 13.2. The molecule has 2 nitrogen and oxygen atoms in total. The van der Waals surface area contributed by atoms with Crippen LogP contribution in [0.3, 0.4) is 0 Å². The summed E-state index contributed by atoms with van der Waals surface area (Å²) in [7, 11) is 0. The van der Waals surface area contributed by atoms with Gasteiger partial charge in [0.1, 0.15) is 11.6 Å². The number of hydrogen-bond acceptors (Lipinski definition) is 2. The molecule has 0 saturated carbocycles. The van der Waals surface area contributed by atoms with E-state index in [0.717, 1.165) is 12.1 Å². The minimum atomic E-state index is -0.879. The Hall–Kier alpha value is -1.88. The first-order valence-electron chi connectivity index (χ1n) is 4.94. The van der Waals surface area contributed by atoms with Crippen LogP contribution in [0.15, 0.2) is 30.3 Å². The fraction of sp³-hybridized carbons (Fsp3) is 0. The first kappa shape index (κ1) is 12.6. The molecule has 0 heterocycles. The molecule has 0 aliphatic carbocycles. The molecule has 18 heavy (non-hydrogen) atoms. The van der Waals surface area contributed by atoms with Gasteiger partial charge in [-0.3, -0.25) is 0 Å². The Morgan fingerprint density at radius 3 is 2.33 bits per heavy atom. The van der Waals surface area contributed by atoms with E-state index in [2.05, 4.69) is 5.32 Å². The smallest absolute Gasteiger partial charge is 0.151 e. The van der Waals surface area contributed by atoms with Gasteiger partial charge in [-0.05, 0) is 24.3 Å². The highest BCUT2D eigenvalue weighted by Crippen LogP contribution is 2.30. The van der Waals surface area contributed by atoms with Crippen molar-refractivity contribution in [3.8, 4) is 0 Å². The van der Waals surface area contributed by atoms with Crippen molar-refractivity contribution < 1.29 is 13.2 Å². The lowest BCUT2D eigenvalue weighted by Crippen LogP contribution is -2.00. The molecule has 2 aromatic rings. The number of nitrogen functional groups attached to an aromatic ring is 1. The lowest BCUT2D eigenvalue weighted by molar-refractivity contribution is 0.587. The van der Waals surface area contributed by atoms with E-state index in [4.69, 9.17) is 17.3 Å². The predicted molar refractivity (Wildman–Crippen MR) is 65.5 cm³/mol. The number of benzene rings is 2. The summed E-state index contributed by atoms with van der Waals surface area (Å²) < 4.78 is 39.1. The molecule has 6 heteroatoms. The molecule has 0 atom stereocenters. The van der Waals surface area contributed by atoms with Gasteiger partial charge < -0.3 is 11.1 Å². The highest BCUT2D eigenvalue weighted by atomic mass is 35.5. The molecule has 0 aliphatic rings. The summed E-state index contributed by atoms with van der Waals surface area (Å²) in [4.78, 5) is 0. The fourth-order valence-electron chi connectivity index (χ4n) is 1.42. The summed E-state index contributed by atoms with van der Waals surface area (Å²) >= 11 is 5.78. The van der Waals surface area contributed by atoms with Gasteiger partial charge in [0.25, 0.3) is 0 Å². The summed E-state index contributed by atoms with van der Waals surface area (Å²) in [6.07, 6.45) is 0. The number of halogens is 4. The number of anilines is 3. The quantitative estimate of drug-likeness (QED) is 0.808. The van der Waals surface area contributed by atoms with Crippen molar-refractivity contribution in [3.05, 3.63) is 52.8 Å². The molecule has 0 bridgehead atoms. The Balaban J connectivity index is 2.40. The van der Waals surface area contributed by atoms with Crippen molar-refractivity contribution in [3.63, 3.8) is 0 Å². The summed E-state index contributed by atoms with van der Waals surface area (Å²) in [6, 6.07) is 5.29. The number of nitrogens with two attached hydrogens (primary N) is 1. The lowest BCUT2D eigenvalue weighted by atomic mass is 10.2. The maximum absolute atomic E-state index is 13.2. The van der Waals surface area contributed by atoms with E-state index in [1.807, 2.05) is 0 Å². The highest BCUT2D eigenvalue weighted by Gasteiger charge is 2.10. The van der Waals surface area contributed by atoms with Crippen LogP contribution < -0.4 is 11.1 Å². The van der Waals surface area contributed by atoms with E-state index in [1.165, 1.54) is 12.1 Å². The fourth-order valence-corrected chi connectivity index (χ4v) is 1.64. The van der Waals surface area contributed by atoms with E-state index < -0.39 is 17.5 Å². The number of hydrogen-bond donors (Lipinski definition) is 2. The third-order valence-electron chi connectivity index (χ3n) is 2.29. The standard InChI is InChI=1S/C12H8ClF3N2/c13-8-3-6(14)1-2-10(8)18-11-5-7(15)4-9(16)12(11)17/h1-5,18H,17H2. The average Bonchev–Trinajstić information content (AvgIpc) is 2.29. The SMILES string of the molecule is Nc1c(F)cc(F)cc1Nc1ccc(F)cc1Cl. The average molecular weight is 273 g/mol. The largest absolute Gasteiger partial charge is 0.395 e. The van der Waals surface area contributed by atoms with E-state index >= 15 is 0 Å². The third-order valence-corrected chi connectivity index (χ3v) is 2.61. The van der Waals surface area contributed by atoms with Crippen molar-refractivity contribution in [2.24, 2.45) is 0 Å². The van der Waals surface area contributed by atoms with E-state index in [1.54, 1.807) is 0 Å². The molecule has 0 unspecified atom stereocenters. The molecule has 0 aliphatic heterocycles. The molecule has 2 rings (SSSR count). The Kier molecular flexibility index (Phi) is 3.34. The normalized spacial score (nSPS) is 10.4. The van der Waals surface area contributed by atoms with Crippen molar-refractivity contribution >= 4 is 28.7 Å². The third kappa shape index (κ3) is 2.51. The summed E-state index contributed by atoms with van der Waals surface area (Å²) in [6.45, 7) is 0. The summed E-state index contributed by atoms with van der Waals surface area (Å²) in [5, 5.41) is 2.73. The summed E-state index contributed by atoms with van der Waals surface area (Å²) in [5.74, 6) is -2.16. The van der Waals surface area contributed by atoms with Crippen LogP contribution in [0.25, 0.3) is 0 Å². The van der Waals surface area contributed by atoms with Gasteiger partial charge in [0.15, 0.2) is 5.82 Å². The second-order valence-corrected chi connectivity index (χ2v) is 4.01. The molecule has 94 valence electrons. The van der Waals surface area contributed by atoms with Crippen LogP contribution in [0.1, 0.15) is 0 Å². The van der Waals surface area contributed by atoms with E-state index in [9.17, 15) is 13.2 Å². The van der Waals surface area contributed by atoms with Gasteiger partial charge in [0.2, 0.25) is 0 Å². The van der Waals surface area contributed by atoms with Crippen LogP contribution in [0.4, 0.5) is 30.2 Å². The highest BCUT2D eigenvalue weighted by molar-refractivity contribution is 6.33. The van der Waals surface area contributed by atoms with Gasteiger partial charge in [-0.15, -0.1) is 0 Å². The topological polar surface area (TPSA) is 38.0 Å². The minimum Gasteiger partial charge on any atom is -0.395 e. The second-order valence-electron chi connectivity index (χ2n) is 3.60. The zero-order chi connectivity index (χ0) is 13.3. The number of nitrogens with one attached hydrogen (secondary N) is 1. The predicted octanol–water partition coefficient (Wildman–Crippen LogP) is 4.08. The van der Waals surface area contributed by atoms with Gasteiger partial charge in [0, 0.05) is 6.07 Å². The van der Waals surface area contributed by atoms with Crippen LogP contribution in [0, 0.1) is 17.5 Å². The van der Waals surface area contributed by atoms with Gasteiger partial charge in [-0.2, -0.15) is 0 Å². The molecule has 2 aromatic carbocycles. The molecule has 0 saturated heterocycles. The van der Waals surface area contributed by atoms with Gasteiger partial charge >= 0.3 is 0 Å². The molecule has 0 aromatic heterocycles. The van der Waals surface area contributed by atoms with Crippen molar-refractivity contribution in [2.45, 2.75) is 0 Å². The van der Waals surface area contributed by atoms with Crippen LogP contribution in [0.2, 0.25) is 5.02 Å². The lowest BCUT2D eigenvalue weighted by Gasteiger charge is -2.11. The molecule has 0 amide bonds. The minimum absolute atomic E-state index is 0.0287. The molecule has 0 spiro atoms. The number of rotatable bonds is 2. The van der Waals surface area contributed by atoms with Gasteiger partial charge in [-0.25, -0.2) is 13.2 Å². The van der Waals surface area contributed by atoms with E-state index in [0.29, 0.717) is 11.8 Å². The van der Waals surface area contributed by atoms with Crippen LogP contribution in [0.5, 0.6) is 0 Å². The first-order valence-corrected chi connectivity index (χ1v) is 5.32. The van der Waals surface area contributed by atoms with Crippen LogP contribution in [-0.2, 0) is 0 Å². The van der Waals surface area contributed by atoms with Crippen molar-refractivity contribution in [2.75, 3.05) is 11.1 Å². The van der Waals surface area contributed by atoms with Crippen molar-refractivity contribution in [1.29, 1.82) is 0 Å². The zero-order valence-electron chi connectivity index (χ0n) is 8.98. The summed E-state index contributed by atoms with van der Waals surface area (Å²) in [5.41, 5.74) is 5.55. The molecule has 3 N–H and O–H groups in total. The molecule has 0 radical (unpaired) electrons. The van der Waals surface area contributed by atoms with E-state index in [-0.39, 0.29) is 16.4 Å². The first-order chi connectivity index (χ1) is 8.47. The Morgan fingerprint density at radius 2 is 1.67 bits per heavy atom. The maximum Gasteiger partial charge on any atom is 0.151 e. The molecule has 0 fully saturated rings. The zero-order valence-corrected chi connectivity index (χ0v) is 9.73. The Morgan fingerprint density at radius 1 is 0.944 bits per heavy atom. The molecular weight excluding hydrogens is 265 g/mol. The Labute approximate surface area is 106 Å².